The van der Waals surface area contributed by atoms with Crippen LogP contribution in [0.3, 0.4) is 0 Å². The van der Waals surface area contributed by atoms with Crippen LogP contribution < -0.4 is 10.6 Å². The van der Waals surface area contributed by atoms with Crippen molar-refractivity contribution in [3.63, 3.8) is 0 Å². The van der Waals surface area contributed by atoms with Gasteiger partial charge in [0.25, 0.3) is 0 Å². The number of anilines is 1. The number of aliphatic hydroxyl groups is 1. The Kier molecular flexibility index (Phi) is 6.48. The van der Waals surface area contributed by atoms with Crippen LogP contribution in [-0.4, -0.2) is 58.2 Å². The van der Waals surface area contributed by atoms with E-state index in [0.717, 1.165) is 57.7 Å². The third-order valence-electron chi connectivity index (χ3n) is 7.87. The van der Waals surface area contributed by atoms with Crippen LogP contribution in [0.25, 0.3) is 10.9 Å². The summed E-state index contributed by atoms with van der Waals surface area (Å²) in [7, 11) is 0. The zero-order valence-corrected chi connectivity index (χ0v) is 19.5. The first kappa shape index (κ1) is 24.1. The molecule has 1 aromatic heterocycles. The van der Waals surface area contributed by atoms with Crippen molar-refractivity contribution in [1.82, 2.24) is 15.2 Å². The molecule has 1 aliphatic heterocycles. The summed E-state index contributed by atoms with van der Waals surface area (Å²) >= 11 is 0. The molecule has 5 rings (SSSR count). The van der Waals surface area contributed by atoms with E-state index < -0.39 is 17.3 Å². The number of carbonyl (C=O) groups is 1. The molecule has 0 radical (unpaired) electrons. The molecule has 6 nitrogen and oxygen atoms in total. The van der Waals surface area contributed by atoms with Crippen molar-refractivity contribution in [2.45, 2.75) is 62.4 Å². The predicted molar refractivity (Wildman–Crippen MR) is 128 cm³/mol. The van der Waals surface area contributed by atoms with Crippen LogP contribution in [-0.2, 0) is 11.0 Å². The van der Waals surface area contributed by atoms with Gasteiger partial charge in [-0.1, -0.05) is 24.3 Å². The van der Waals surface area contributed by atoms with Gasteiger partial charge >= 0.3 is 6.18 Å². The molecular formula is C26H31F3N4O2. The van der Waals surface area contributed by atoms with E-state index in [4.69, 9.17) is 0 Å². The summed E-state index contributed by atoms with van der Waals surface area (Å²) < 4.78 is 39.8. The molecule has 1 aromatic carbocycles. The van der Waals surface area contributed by atoms with E-state index in [1.54, 1.807) is 12.1 Å². The number of hydrogen-bond acceptors (Lipinski definition) is 5. The number of hydrogen-bond donors (Lipinski definition) is 3. The fourth-order valence-electron chi connectivity index (χ4n) is 5.89. The lowest BCUT2D eigenvalue weighted by atomic mass is 9.73. The minimum Gasteiger partial charge on any atom is -0.389 e. The van der Waals surface area contributed by atoms with Crippen LogP contribution in [0.15, 0.2) is 42.6 Å². The van der Waals surface area contributed by atoms with Gasteiger partial charge in [-0.3, -0.25) is 14.7 Å². The summed E-state index contributed by atoms with van der Waals surface area (Å²) in [6.07, 6.45) is 6.76. The van der Waals surface area contributed by atoms with Gasteiger partial charge in [0.2, 0.25) is 5.91 Å². The number of fused-ring (bicyclic) bond motifs is 1. The van der Waals surface area contributed by atoms with Gasteiger partial charge in [0.1, 0.15) is 0 Å². The highest BCUT2D eigenvalue weighted by atomic mass is 19.4. The van der Waals surface area contributed by atoms with E-state index in [9.17, 15) is 23.1 Å². The second kappa shape index (κ2) is 9.43. The highest BCUT2D eigenvalue weighted by molar-refractivity contribution is 5.94. The second-order valence-electron chi connectivity index (χ2n) is 10.1. The minimum absolute atomic E-state index is 0.0242. The summed E-state index contributed by atoms with van der Waals surface area (Å²) in [5, 5.41) is 17.1. The molecule has 1 amide bonds. The fraction of sp³-hybridized carbons (Fsp3) is 0.538. The number of para-hydroxylation sites is 1. The monoisotopic (exact) mass is 488 g/mol. The lowest BCUT2D eigenvalue weighted by molar-refractivity contribution is -0.136. The zero-order valence-electron chi connectivity index (χ0n) is 19.5. The first-order valence-corrected chi connectivity index (χ1v) is 12.3. The second-order valence-corrected chi connectivity index (χ2v) is 10.1. The van der Waals surface area contributed by atoms with Crippen molar-refractivity contribution in [3.05, 3.63) is 48.2 Å². The number of aromatic nitrogens is 1. The highest BCUT2D eigenvalue weighted by Crippen LogP contribution is 2.41. The number of amides is 1. The first-order valence-electron chi connectivity index (χ1n) is 12.3. The van der Waals surface area contributed by atoms with Gasteiger partial charge in [0, 0.05) is 36.4 Å². The molecule has 1 saturated carbocycles. The molecule has 0 unspecified atom stereocenters. The Morgan fingerprint density at radius 2 is 1.83 bits per heavy atom. The number of nitrogens with one attached hydrogen (secondary N) is 2. The van der Waals surface area contributed by atoms with Gasteiger partial charge in [-0.05, 0) is 56.6 Å². The third-order valence-corrected chi connectivity index (χ3v) is 7.87. The summed E-state index contributed by atoms with van der Waals surface area (Å²) in [5.74, 6) is 0.180. The first-order chi connectivity index (χ1) is 16.7. The van der Waals surface area contributed by atoms with Crippen LogP contribution in [0.1, 0.15) is 44.1 Å². The van der Waals surface area contributed by atoms with Crippen molar-refractivity contribution in [2.24, 2.45) is 5.92 Å². The van der Waals surface area contributed by atoms with E-state index in [-0.39, 0.29) is 24.0 Å². The molecule has 35 heavy (non-hydrogen) atoms. The Balaban J connectivity index is 1.08. The molecular weight excluding hydrogens is 457 g/mol. The average Bonchev–Trinajstić information content (AvgIpc) is 3.26. The Hall–Kier alpha value is -2.65. The number of alkyl halides is 3. The molecule has 2 aromatic rings. The molecule has 1 saturated heterocycles. The molecule has 3 N–H and O–H groups in total. The lowest BCUT2D eigenvalue weighted by Crippen LogP contribution is -2.63. The Morgan fingerprint density at radius 1 is 1.11 bits per heavy atom. The van der Waals surface area contributed by atoms with Crippen molar-refractivity contribution in [1.29, 1.82) is 0 Å². The lowest BCUT2D eigenvalue weighted by Gasteiger charge is -2.48. The van der Waals surface area contributed by atoms with E-state index in [1.165, 1.54) is 12.3 Å². The average molecular weight is 489 g/mol. The van der Waals surface area contributed by atoms with Crippen LogP contribution in [0.4, 0.5) is 18.9 Å². The molecule has 2 aliphatic carbocycles. The molecule has 0 bridgehead atoms. The van der Waals surface area contributed by atoms with Gasteiger partial charge in [0.15, 0.2) is 0 Å². The summed E-state index contributed by atoms with van der Waals surface area (Å²) in [6.45, 7) is 1.59. The van der Waals surface area contributed by atoms with Gasteiger partial charge in [-0.2, -0.15) is 13.2 Å². The smallest absolute Gasteiger partial charge is 0.389 e. The standard InChI is InChI=1S/C26H31F3N4O2/c27-26(28,29)21-5-3-4-20-22(10-13-30-24(20)21)31-14-23(34)32-18-15-33(16-18)19-8-6-17(7-9-19)25(35)11-1-2-12-25/h1-5,10,13,17-19,35H,6-9,11-12,14-16H2,(H,30,31)(H,32,34). The van der Waals surface area contributed by atoms with Crippen molar-refractivity contribution in [3.8, 4) is 0 Å². The molecule has 2 heterocycles. The normalized spacial score (nSPS) is 24.9. The molecule has 0 spiro atoms. The van der Waals surface area contributed by atoms with Crippen LogP contribution in [0, 0.1) is 5.92 Å². The molecule has 2 fully saturated rings. The predicted octanol–water partition coefficient (Wildman–Crippen LogP) is 4.11. The summed E-state index contributed by atoms with van der Waals surface area (Å²) in [4.78, 5) is 18.8. The number of nitrogens with zero attached hydrogens (tertiary/aromatic N) is 2. The van der Waals surface area contributed by atoms with Gasteiger partial charge in [-0.25, -0.2) is 0 Å². The van der Waals surface area contributed by atoms with Crippen molar-refractivity contribution < 1.29 is 23.1 Å². The van der Waals surface area contributed by atoms with Crippen LogP contribution in [0.5, 0.6) is 0 Å². The number of halogens is 3. The maximum atomic E-state index is 13.3. The summed E-state index contributed by atoms with van der Waals surface area (Å²) in [6, 6.07) is 6.08. The topological polar surface area (TPSA) is 77.5 Å². The van der Waals surface area contributed by atoms with E-state index in [0.29, 0.717) is 23.0 Å². The van der Waals surface area contributed by atoms with Gasteiger partial charge < -0.3 is 15.7 Å². The van der Waals surface area contributed by atoms with Gasteiger partial charge in [-0.15, -0.1) is 0 Å². The quantitative estimate of drug-likeness (QED) is 0.534. The molecule has 0 atom stereocenters. The third kappa shape index (κ3) is 5.02. The molecule has 3 aliphatic rings. The van der Waals surface area contributed by atoms with Crippen molar-refractivity contribution >= 4 is 22.5 Å². The molecule has 9 heteroatoms. The Labute approximate surface area is 202 Å². The number of carbonyl (C=O) groups excluding carboxylic acids is 1. The Morgan fingerprint density at radius 3 is 2.51 bits per heavy atom. The minimum atomic E-state index is -4.49. The Bertz CT molecular complexity index is 1100. The maximum Gasteiger partial charge on any atom is 0.418 e. The zero-order chi connectivity index (χ0) is 24.6. The fourth-order valence-corrected chi connectivity index (χ4v) is 5.89. The largest absolute Gasteiger partial charge is 0.418 e. The number of likely N-dealkylation sites (tertiary alicyclic amines) is 1. The van der Waals surface area contributed by atoms with Gasteiger partial charge in [0.05, 0.1) is 29.3 Å². The SMILES string of the molecule is O=C(CNc1ccnc2c(C(F)(F)F)cccc12)NC1CN(C2CCC(C3(O)CC=CC3)CC2)C1. The maximum absolute atomic E-state index is 13.3. The summed E-state index contributed by atoms with van der Waals surface area (Å²) in [5.41, 5.74) is -1.02. The highest BCUT2D eigenvalue weighted by Gasteiger charge is 2.42. The van der Waals surface area contributed by atoms with Crippen LogP contribution >= 0.6 is 0 Å². The number of benzene rings is 1. The van der Waals surface area contributed by atoms with Crippen LogP contribution in [0.2, 0.25) is 0 Å². The van der Waals surface area contributed by atoms with E-state index in [2.05, 4.69) is 32.7 Å². The van der Waals surface area contributed by atoms with E-state index in [1.807, 2.05) is 0 Å². The molecule has 188 valence electrons. The van der Waals surface area contributed by atoms with E-state index >= 15 is 0 Å². The number of pyridine rings is 1. The number of rotatable bonds is 6. The van der Waals surface area contributed by atoms with Crippen molar-refractivity contribution in [2.75, 3.05) is 25.0 Å².